The third-order valence-corrected chi connectivity index (χ3v) is 5.09. The Hall–Kier alpha value is -2.54. The lowest BCUT2D eigenvalue weighted by atomic mass is 10.1. The van der Waals surface area contributed by atoms with Crippen LogP contribution in [0.1, 0.15) is 28.4 Å². The van der Waals surface area contributed by atoms with Gasteiger partial charge in [0.15, 0.2) is 15.6 Å². The van der Waals surface area contributed by atoms with Crippen molar-refractivity contribution < 1.29 is 18.1 Å². The standard InChI is InChI=1S/C16H15NO5S/c1-11-3-6-15(7-4-11)23(21,22)10-13-9-14(17(19)20)5-8-16(13)12(2)18/h3-9H,10H2,1-2H3. The first-order chi connectivity index (χ1) is 10.7. The molecule has 0 aliphatic rings. The van der Waals surface area contributed by atoms with E-state index in [4.69, 9.17) is 0 Å². The van der Waals surface area contributed by atoms with Crippen LogP contribution in [0, 0.1) is 17.0 Å². The molecule has 0 atom stereocenters. The Morgan fingerprint density at radius 3 is 2.26 bits per heavy atom. The molecule has 0 spiro atoms. The average Bonchev–Trinajstić information content (AvgIpc) is 2.46. The Morgan fingerprint density at radius 1 is 1.13 bits per heavy atom. The van der Waals surface area contributed by atoms with Crippen molar-refractivity contribution in [3.05, 3.63) is 69.3 Å². The Bertz CT molecular complexity index is 870. The zero-order chi connectivity index (χ0) is 17.2. The predicted molar refractivity (Wildman–Crippen MR) is 85.2 cm³/mol. The summed E-state index contributed by atoms with van der Waals surface area (Å²) in [6.07, 6.45) is 0. The number of non-ortho nitro benzene ring substituents is 1. The van der Waals surface area contributed by atoms with Crippen LogP contribution in [0.15, 0.2) is 47.4 Å². The van der Waals surface area contributed by atoms with Gasteiger partial charge in [-0.3, -0.25) is 14.9 Å². The highest BCUT2D eigenvalue weighted by atomic mass is 32.2. The van der Waals surface area contributed by atoms with Crippen LogP contribution in [0.2, 0.25) is 0 Å². The number of hydrogen-bond acceptors (Lipinski definition) is 5. The molecule has 7 heteroatoms. The fourth-order valence-corrected chi connectivity index (χ4v) is 3.56. The van der Waals surface area contributed by atoms with Crippen molar-refractivity contribution in [2.45, 2.75) is 24.5 Å². The molecule has 0 bridgehead atoms. The number of benzene rings is 2. The first kappa shape index (κ1) is 16.8. The Labute approximate surface area is 133 Å². The highest BCUT2D eigenvalue weighted by molar-refractivity contribution is 7.90. The first-order valence-electron chi connectivity index (χ1n) is 6.78. The molecule has 6 nitrogen and oxygen atoms in total. The molecule has 2 rings (SSSR count). The SMILES string of the molecule is CC(=O)c1ccc([N+](=O)[O-])cc1CS(=O)(=O)c1ccc(C)cc1. The van der Waals surface area contributed by atoms with E-state index in [1.807, 2.05) is 6.92 Å². The third-order valence-electron chi connectivity index (χ3n) is 3.40. The summed E-state index contributed by atoms with van der Waals surface area (Å²) in [5.74, 6) is -0.805. The van der Waals surface area contributed by atoms with Gasteiger partial charge in [-0.2, -0.15) is 0 Å². The van der Waals surface area contributed by atoms with Crippen LogP contribution in [-0.2, 0) is 15.6 Å². The van der Waals surface area contributed by atoms with Gasteiger partial charge in [-0.05, 0) is 37.6 Å². The van der Waals surface area contributed by atoms with E-state index >= 15 is 0 Å². The monoisotopic (exact) mass is 333 g/mol. The van der Waals surface area contributed by atoms with Gasteiger partial charge in [-0.15, -0.1) is 0 Å². The molecule has 0 aliphatic carbocycles. The summed E-state index contributed by atoms with van der Waals surface area (Å²) >= 11 is 0. The normalized spacial score (nSPS) is 11.2. The maximum Gasteiger partial charge on any atom is 0.269 e. The third kappa shape index (κ3) is 3.81. The van der Waals surface area contributed by atoms with E-state index < -0.39 is 20.5 Å². The van der Waals surface area contributed by atoms with Crippen molar-refractivity contribution in [2.75, 3.05) is 0 Å². The molecule has 0 fully saturated rings. The van der Waals surface area contributed by atoms with Gasteiger partial charge in [-0.1, -0.05) is 17.7 Å². The molecule has 23 heavy (non-hydrogen) atoms. The number of nitro benzene ring substituents is 1. The minimum atomic E-state index is -3.70. The van der Waals surface area contributed by atoms with Crippen molar-refractivity contribution in [3.8, 4) is 0 Å². The van der Waals surface area contributed by atoms with E-state index in [1.54, 1.807) is 12.1 Å². The number of Topliss-reactive ketones (excluding diaryl/α,β-unsaturated/α-hetero) is 1. The Kier molecular flexibility index (Phi) is 4.60. The van der Waals surface area contributed by atoms with Crippen LogP contribution >= 0.6 is 0 Å². The highest BCUT2D eigenvalue weighted by Crippen LogP contribution is 2.24. The fraction of sp³-hybridized carbons (Fsp3) is 0.188. The van der Waals surface area contributed by atoms with Crippen molar-refractivity contribution in [3.63, 3.8) is 0 Å². The molecule has 0 N–H and O–H groups in total. The minimum Gasteiger partial charge on any atom is -0.295 e. The number of nitro groups is 1. The number of nitrogens with zero attached hydrogens (tertiary/aromatic N) is 1. The van der Waals surface area contributed by atoms with Crippen LogP contribution in [0.5, 0.6) is 0 Å². The number of rotatable bonds is 5. The zero-order valence-electron chi connectivity index (χ0n) is 12.6. The van der Waals surface area contributed by atoms with Crippen LogP contribution in [-0.4, -0.2) is 19.1 Å². The summed E-state index contributed by atoms with van der Waals surface area (Å²) in [4.78, 5) is 22.0. The second-order valence-electron chi connectivity index (χ2n) is 5.23. The number of aryl methyl sites for hydroxylation is 1. The number of ketones is 1. The van der Waals surface area contributed by atoms with Crippen LogP contribution in [0.4, 0.5) is 5.69 Å². The van der Waals surface area contributed by atoms with Crippen LogP contribution in [0.25, 0.3) is 0 Å². The molecule has 0 saturated carbocycles. The smallest absolute Gasteiger partial charge is 0.269 e. The van der Waals surface area contributed by atoms with Gasteiger partial charge in [-0.25, -0.2) is 8.42 Å². The number of sulfone groups is 1. The summed E-state index contributed by atoms with van der Waals surface area (Å²) in [7, 11) is -3.70. The second kappa shape index (κ2) is 6.29. The molecule has 0 radical (unpaired) electrons. The molecule has 0 unspecified atom stereocenters. The Morgan fingerprint density at radius 2 is 1.74 bits per heavy atom. The molecule has 0 aliphatic heterocycles. The molecule has 0 amide bonds. The van der Waals surface area contributed by atoms with Crippen LogP contribution in [0.3, 0.4) is 0 Å². The molecular weight excluding hydrogens is 318 g/mol. The summed E-state index contributed by atoms with van der Waals surface area (Å²) < 4.78 is 25.0. The van der Waals surface area contributed by atoms with E-state index in [2.05, 4.69) is 0 Å². The van der Waals surface area contributed by atoms with Gasteiger partial charge in [0.05, 0.1) is 15.6 Å². The van der Waals surface area contributed by atoms with Crippen molar-refractivity contribution in [2.24, 2.45) is 0 Å². The fourth-order valence-electron chi connectivity index (χ4n) is 2.19. The van der Waals surface area contributed by atoms with E-state index in [0.717, 1.165) is 11.6 Å². The number of hydrogen-bond donors (Lipinski definition) is 0. The molecule has 2 aromatic carbocycles. The van der Waals surface area contributed by atoms with Gasteiger partial charge in [0, 0.05) is 17.7 Å². The van der Waals surface area contributed by atoms with E-state index in [0.29, 0.717) is 0 Å². The summed E-state index contributed by atoms with van der Waals surface area (Å²) in [5, 5.41) is 10.9. The summed E-state index contributed by atoms with van der Waals surface area (Å²) in [6, 6.07) is 9.94. The van der Waals surface area contributed by atoms with Gasteiger partial charge in [0.2, 0.25) is 0 Å². The Balaban J connectivity index is 2.48. The van der Waals surface area contributed by atoms with Gasteiger partial charge >= 0.3 is 0 Å². The lowest BCUT2D eigenvalue weighted by Gasteiger charge is -2.09. The van der Waals surface area contributed by atoms with Crippen molar-refractivity contribution in [1.29, 1.82) is 0 Å². The molecule has 120 valence electrons. The van der Waals surface area contributed by atoms with Gasteiger partial charge < -0.3 is 0 Å². The largest absolute Gasteiger partial charge is 0.295 e. The second-order valence-corrected chi connectivity index (χ2v) is 7.22. The van der Waals surface area contributed by atoms with Crippen LogP contribution < -0.4 is 0 Å². The highest BCUT2D eigenvalue weighted by Gasteiger charge is 2.21. The van der Waals surface area contributed by atoms with Gasteiger partial charge in [0.1, 0.15) is 0 Å². The van der Waals surface area contributed by atoms with Gasteiger partial charge in [0.25, 0.3) is 5.69 Å². The summed E-state index contributed by atoms with van der Waals surface area (Å²) in [6.45, 7) is 3.13. The zero-order valence-corrected chi connectivity index (χ0v) is 13.5. The van der Waals surface area contributed by atoms with E-state index in [1.165, 1.54) is 31.2 Å². The van der Waals surface area contributed by atoms with E-state index in [-0.39, 0.29) is 27.5 Å². The molecular formula is C16H15NO5S. The van der Waals surface area contributed by atoms with Crippen molar-refractivity contribution in [1.82, 2.24) is 0 Å². The predicted octanol–water partition coefficient (Wildman–Crippen LogP) is 3.08. The summed E-state index contributed by atoms with van der Waals surface area (Å²) in [5.41, 5.74) is 0.978. The molecule has 0 heterocycles. The minimum absolute atomic E-state index is 0.115. The lowest BCUT2D eigenvalue weighted by molar-refractivity contribution is -0.384. The molecule has 0 saturated heterocycles. The molecule has 0 aromatic heterocycles. The number of carbonyl (C=O) groups is 1. The topological polar surface area (TPSA) is 94.3 Å². The van der Waals surface area contributed by atoms with Crippen molar-refractivity contribution >= 4 is 21.3 Å². The maximum atomic E-state index is 12.5. The average molecular weight is 333 g/mol. The quantitative estimate of drug-likeness (QED) is 0.476. The first-order valence-corrected chi connectivity index (χ1v) is 8.43. The number of carbonyl (C=O) groups excluding carboxylic acids is 1. The lowest BCUT2D eigenvalue weighted by Crippen LogP contribution is -2.09. The van der Waals surface area contributed by atoms with E-state index in [9.17, 15) is 23.3 Å². The molecule has 2 aromatic rings. The maximum absolute atomic E-state index is 12.5.